The van der Waals surface area contributed by atoms with Gasteiger partial charge in [-0.3, -0.25) is 9.59 Å². The zero-order valence-electron chi connectivity index (χ0n) is 17.5. The van der Waals surface area contributed by atoms with Crippen LogP contribution in [0, 0.1) is 0 Å². The zero-order valence-corrected chi connectivity index (χ0v) is 18.2. The highest BCUT2D eigenvalue weighted by Crippen LogP contribution is 2.27. The van der Waals surface area contributed by atoms with E-state index in [1.54, 1.807) is 36.4 Å². The Balaban J connectivity index is 1.49. The number of hydrogen-bond donors (Lipinski definition) is 1. The normalized spacial score (nSPS) is 11.6. The first-order valence-corrected chi connectivity index (χ1v) is 10.3. The van der Waals surface area contributed by atoms with Crippen LogP contribution in [0.15, 0.2) is 69.9 Å². The van der Waals surface area contributed by atoms with E-state index >= 15 is 0 Å². The lowest BCUT2D eigenvalue weighted by Crippen LogP contribution is -2.20. The van der Waals surface area contributed by atoms with Crippen molar-refractivity contribution in [1.29, 1.82) is 0 Å². The van der Waals surface area contributed by atoms with Crippen molar-refractivity contribution in [2.24, 2.45) is 0 Å². The number of hydrogen-bond acceptors (Lipinski definition) is 4. The molecule has 5 nitrogen and oxygen atoms in total. The summed E-state index contributed by atoms with van der Waals surface area (Å²) in [5.41, 5.74) is 2.25. The van der Waals surface area contributed by atoms with Gasteiger partial charge in [-0.15, -0.1) is 0 Å². The van der Waals surface area contributed by atoms with Crippen LogP contribution in [-0.4, -0.2) is 12.5 Å². The number of benzene rings is 3. The van der Waals surface area contributed by atoms with Gasteiger partial charge < -0.3 is 14.5 Å². The van der Waals surface area contributed by atoms with Crippen molar-refractivity contribution in [3.05, 3.63) is 81.5 Å². The zero-order chi connectivity index (χ0) is 22.2. The highest BCUT2D eigenvalue weighted by Gasteiger charge is 2.14. The first-order chi connectivity index (χ1) is 14.7. The van der Waals surface area contributed by atoms with E-state index in [1.165, 1.54) is 5.56 Å². The van der Waals surface area contributed by atoms with Crippen LogP contribution in [0.1, 0.15) is 26.3 Å². The number of fused-ring (bicyclic) bond motifs is 2. The standard InChI is InChI=1S/C25H22ClNO4/c1-25(2,3)15-7-10-17(11-8-15)30-14-22(28)27-16-9-12-18-21(13-16)31-24-19(23(18)29)5-4-6-20(24)26/h4-13H,14H2,1-3H3,(H,27,28). The van der Waals surface area contributed by atoms with Gasteiger partial charge in [0, 0.05) is 11.8 Å². The fourth-order valence-corrected chi connectivity index (χ4v) is 3.53. The van der Waals surface area contributed by atoms with E-state index in [-0.39, 0.29) is 23.4 Å². The molecule has 1 aromatic heterocycles. The summed E-state index contributed by atoms with van der Waals surface area (Å²) in [5.74, 6) is 0.300. The summed E-state index contributed by atoms with van der Waals surface area (Å²) >= 11 is 6.17. The molecule has 0 fully saturated rings. The van der Waals surface area contributed by atoms with E-state index in [4.69, 9.17) is 20.8 Å². The molecule has 6 heteroatoms. The van der Waals surface area contributed by atoms with Gasteiger partial charge in [-0.1, -0.05) is 50.6 Å². The van der Waals surface area contributed by atoms with Crippen molar-refractivity contribution in [3.8, 4) is 5.75 Å². The molecule has 0 aliphatic carbocycles. The molecule has 1 heterocycles. The maximum absolute atomic E-state index is 12.7. The number of amides is 1. The lowest BCUT2D eigenvalue weighted by Gasteiger charge is -2.19. The molecule has 0 atom stereocenters. The molecule has 31 heavy (non-hydrogen) atoms. The van der Waals surface area contributed by atoms with Gasteiger partial charge in [0.25, 0.3) is 5.91 Å². The van der Waals surface area contributed by atoms with Crippen LogP contribution >= 0.6 is 11.6 Å². The predicted octanol–water partition coefficient (Wildman–Crippen LogP) is 5.91. The average Bonchev–Trinajstić information content (AvgIpc) is 2.73. The molecule has 1 N–H and O–H groups in total. The van der Waals surface area contributed by atoms with Crippen LogP contribution in [0.4, 0.5) is 5.69 Å². The molecule has 1 amide bonds. The molecule has 0 saturated carbocycles. The summed E-state index contributed by atoms with van der Waals surface area (Å²) in [6.07, 6.45) is 0. The van der Waals surface area contributed by atoms with Gasteiger partial charge in [-0.25, -0.2) is 0 Å². The van der Waals surface area contributed by atoms with E-state index in [0.29, 0.717) is 38.4 Å². The predicted molar refractivity (Wildman–Crippen MR) is 124 cm³/mol. The SMILES string of the molecule is CC(C)(C)c1ccc(OCC(=O)Nc2ccc3c(=O)c4cccc(Cl)c4oc3c2)cc1. The van der Waals surface area contributed by atoms with E-state index in [1.807, 2.05) is 24.3 Å². The van der Waals surface area contributed by atoms with E-state index in [0.717, 1.165) is 0 Å². The maximum Gasteiger partial charge on any atom is 0.262 e. The minimum atomic E-state index is -0.319. The highest BCUT2D eigenvalue weighted by molar-refractivity contribution is 6.34. The molecule has 0 spiro atoms. The minimum Gasteiger partial charge on any atom is -0.484 e. The minimum absolute atomic E-state index is 0.0521. The maximum atomic E-state index is 12.7. The third-order valence-electron chi connectivity index (χ3n) is 5.02. The molecular formula is C25H22ClNO4. The van der Waals surface area contributed by atoms with Crippen molar-refractivity contribution in [1.82, 2.24) is 0 Å². The number of carbonyl (C=O) groups excluding carboxylic acids is 1. The van der Waals surface area contributed by atoms with Crippen LogP contribution in [0.5, 0.6) is 5.75 Å². The Morgan fingerprint density at radius 1 is 1.03 bits per heavy atom. The summed E-state index contributed by atoms with van der Waals surface area (Å²) < 4.78 is 11.4. The Labute approximate surface area is 184 Å². The van der Waals surface area contributed by atoms with Crippen LogP contribution in [0.25, 0.3) is 21.9 Å². The summed E-state index contributed by atoms with van der Waals surface area (Å²) in [7, 11) is 0. The summed E-state index contributed by atoms with van der Waals surface area (Å²) in [6.45, 7) is 6.27. The van der Waals surface area contributed by atoms with Crippen molar-refractivity contribution in [3.63, 3.8) is 0 Å². The molecule has 3 aromatic carbocycles. The van der Waals surface area contributed by atoms with Gasteiger partial charge in [0.05, 0.1) is 15.8 Å². The number of nitrogens with one attached hydrogen (secondary N) is 1. The van der Waals surface area contributed by atoms with Crippen LogP contribution in [0.3, 0.4) is 0 Å². The van der Waals surface area contributed by atoms with E-state index in [9.17, 15) is 9.59 Å². The second-order valence-electron chi connectivity index (χ2n) is 8.37. The number of carbonyl (C=O) groups is 1. The molecule has 0 bridgehead atoms. The largest absolute Gasteiger partial charge is 0.484 e. The Bertz CT molecular complexity index is 1330. The van der Waals surface area contributed by atoms with Crippen LogP contribution in [0.2, 0.25) is 5.02 Å². The van der Waals surface area contributed by atoms with Gasteiger partial charge in [0.1, 0.15) is 11.3 Å². The summed E-state index contributed by atoms with van der Waals surface area (Å²) in [5, 5.41) is 3.96. The quantitative estimate of drug-likeness (QED) is 0.404. The molecule has 0 radical (unpaired) electrons. The summed E-state index contributed by atoms with van der Waals surface area (Å²) in [6, 6.07) is 17.6. The number of para-hydroxylation sites is 1. The third kappa shape index (κ3) is 4.42. The lowest BCUT2D eigenvalue weighted by atomic mass is 9.87. The van der Waals surface area contributed by atoms with Gasteiger partial charge in [-0.05, 0) is 47.4 Å². The number of rotatable bonds is 4. The van der Waals surface area contributed by atoms with Gasteiger partial charge >= 0.3 is 0 Å². The fraction of sp³-hybridized carbons (Fsp3) is 0.200. The lowest BCUT2D eigenvalue weighted by molar-refractivity contribution is -0.118. The van der Waals surface area contributed by atoms with Crippen LogP contribution < -0.4 is 15.5 Å². The Kier molecular flexibility index (Phi) is 5.46. The number of ether oxygens (including phenoxy) is 1. The van der Waals surface area contributed by atoms with Crippen molar-refractivity contribution >= 4 is 45.1 Å². The monoisotopic (exact) mass is 435 g/mol. The Morgan fingerprint density at radius 3 is 2.48 bits per heavy atom. The Hall–Kier alpha value is -3.31. The molecule has 0 aliphatic heterocycles. The number of halogens is 1. The van der Waals surface area contributed by atoms with Crippen LogP contribution in [-0.2, 0) is 10.2 Å². The van der Waals surface area contributed by atoms with Gasteiger partial charge in [0.2, 0.25) is 5.43 Å². The van der Waals surface area contributed by atoms with Crippen molar-refractivity contribution < 1.29 is 13.9 Å². The number of anilines is 1. The van der Waals surface area contributed by atoms with Gasteiger partial charge in [0.15, 0.2) is 12.2 Å². The molecule has 4 aromatic rings. The highest BCUT2D eigenvalue weighted by atomic mass is 35.5. The molecule has 0 saturated heterocycles. The third-order valence-corrected chi connectivity index (χ3v) is 5.32. The molecule has 4 rings (SSSR count). The Morgan fingerprint density at radius 2 is 1.77 bits per heavy atom. The molecular weight excluding hydrogens is 414 g/mol. The van der Waals surface area contributed by atoms with Crippen molar-refractivity contribution in [2.45, 2.75) is 26.2 Å². The topological polar surface area (TPSA) is 68.5 Å². The second kappa shape index (κ2) is 8.08. The second-order valence-corrected chi connectivity index (χ2v) is 8.78. The first kappa shape index (κ1) is 20.9. The molecule has 0 unspecified atom stereocenters. The molecule has 0 aliphatic rings. The van der Waals surface area contributed by atoms with Crippen molar-refractivity contribution in [2.75, 3.05) is 11.9 Å². The van der Waals surface area contributed by atoms with E-state index < -0.39 is 0 Å². The molecule has 158 valence electrons. The van der Waals surface area contributed by atoms with Gasteiger partial charge in [-0.2, -0.15) is 0 Å². The van der Waals surface area contributed by atoms with E-state index in [2.05, 4.69) is 26.1 Å². The fourth-order valence-electron chi connectivity index (χ4n) is 3.32. The first-order valence-electron chi connectivity index (χ1n) is 9.91. The smallest absolute Gasteiger partial charge is 0.262 e. The average molecular weight is 436 g/mol. The summed E-state index contributed by atoms with van der Waals surface area (Å²) in [4.78, 5) is 25.0.